The maximum Gasteiger partial charge on any atom is 0.191 e. The minimum absolute atomic E-state index is 0.404. The van der Waals surface area contributed by atoms with E-state index in [0.717, 1.165) is 28.2 Å². The fourth-order valence-electron chi connectivity index (χ4n) is 2.03. The summed E-state index contributed by atoms with van der Waals surface area (Å²) in [5.41, 5.74) is 7.55. The number of hydrogen-bond acceptors (Lipinski definition) is 3. The highest BCUT2D eigenvalue weighted by Crippen LogP contribution is 2.22. The first kappa shape index (κ1) is 16.5. The van der Waals surface area contributed by atoms with Crippen LogP contribution in [0.3, 0.4) is 0 Å². The lowest BCUT2D eigenvalue weighted by Gasteiger charge is -2.10. The Labute approximate surface area is 140 Å². The molecule has 1 aromatic carbocycles. The maximum atomic E-state index is 6.08. The summed E-state index contributed by atoms with van der Waals surface area (Å²) in [5, 5.41) is 12.7. The first-order chi connectivity index (χ1) is 10.4. The smallest absolute Gasteiger partial charge is 0.191 e. The second kappa shape index (κ2) is 6.89. The van der Waals surface area contributed by atoms with Crippen LogP contribution in [-0.4, -0.2) is 21.1 Å². The van der Waals surface area contributed by atoms with E-state index in [-0.39, 0.29) is 0 Å². The van der Waals surface area contributed by atoms with Gasteiger partial charge in [0.25, 0.3) is 0 Å². The molecule has 0 aliphatic rings. The van der Waals surface area contributed by atoms with Crippen molar-refractivity contribution < 1.29 is 0 Å². The Kier molecular flexibility index (Phi) is 5.15. The van der Waals surface area contributed by atoms with Crippen LogP contribution in [0, 0.1) is 20.8 Å². The summed E-state index contributed by atoms with van der Waals surface area (Å²) < 4.78 is 1.82. The van der Waals surface area contributed by atoms with Gasteiger partial charge in [-0.2, -0.15) is 10.2 Å². The van der Waals surface area contributed by atoms with Gasteiger partial charge in [0.2, 0.25) is 0 Å². The van der Waals surface area contributed by atoms with Crippen molar-refractivity contribution in [3.05, 3.63) is 45.7 Å². The highest BCUT2D eigenvalue weighted by Gasteiger charge is 2.07. The van der Waals surface area contributed by atoms with Gasteiger partial charge in [0.15, 0.2) is 5.11 Å². The zero-order valence-electron chi connectivity index (χ0n) is 12.9. The predicted molar refractivity (Wildman–Crippen MR) is 95.8 cm³/mol. The molecule has 0 aliphatic carbocycles. The predicted octanol–water partition coefficient (Wildman–Crippen LogP) is 3.32. The summed E-state index contributed by atoms with van der Waals surface area (Å²) >= 11 is 11.3. The zero-order valence-corrected chi connectivity index (χ0v) is 14.5. The Hall–Kier alpha value is -1.92. The minimum Gasteiger partial charge on any atom is -0.331 e. The van der Waals surface area contributed by atoms with Crippen LogP contribution in [0.4, 0.5) is 5.69 Å². The second-order valence-electron chi connectivity index (χ2n) is 4.94. The third kappa shape index (κ3) is 3.64. The van der Waals surface area contributed by atoms with Crippen LogP contribution in [0.2, 0.25) is 5.02 Å². The van der Waals surface area contributed by atoms with Crippen molar-refractivity contribution in [1.82, 2.24) is 15.2 Å². The molecule has 0 unspecified atom stereocenters. The Balaban J connectivity index is 2.01. The molecule has 22 heavy (non-hydrogen) atoms. The SMILES string of the molecule is Cc1nn(C)c(C)c1/C=N\NC(=S)Nc1cccc(Cl)c1C. The van der Waals surface area contributed by atoms with E-state index >= 15 is 0 Å². The van der Waals surface area contributed by atoms with E-state index in [9.17, 15) is 0 Å². The van der Waals surface area contributed by atoms with Gasteiger partial charge in [-0.15, -0.1) is 0 Å². The number of benzene rings is 1. The number of rotatable bonds is 3. The van der Waals surface area contributed by atoms with Crippen molar-refractivity contribution in [2.24, 2.45) is 12.1 Å². The van der Waals surface area contributed by atoms with Gasteiger partial charge in [0.05, 0.1) is 11.9 Å². The molecule has 116 valence electrons. The molecule has 0 saturated carbocycles. The summed E-state index contributed by atoms with van der Waals surface area (Å²) in [5.74, 6) is 0. The molecule has 0 bridgehead atoms. The first-order valence-electron chi connectivity index (χ1n) is 6.75. The molecule has 0 spiro atoms. The highest BCUT2D eigenvalue weighted by atomic mass is 35.5. The normalized spacial score (nSPS) is 11.0. The third-order valence-electron chi connectivity index (χ3n) is 3.44. The molecule has 0 fully saturated rings. The van der Waals surface area contributed by atoms with Gasteiger partial charge in [-0.05, 0) is 50.7 Å². The average Bonchev–Trinajstić information content (AvgIpc) is 2.70. The summed E-state index contributed by atoms with van der Waals surface area (Å²) in [4.78, 5) is 0. The summed E-state index contributed by atoms with van der Waals surface area (Å²) in [6, 6.07) is 5.62. The summed E-state index contributed by atoms with van der Waals surface area (Å²) in [6.07, 6.45) is 1.72. The van der Waals surface area contributed by atoms with E-state index in [1.807, 2.05) is 50.7 Å². The van der Waals surface area contributed by atoms with Gasteiger partial charge in [-0.25, -0.2) is 0 Å². The number of hydrazone groups is 1. The number of nitrogens with zero attached hydrogens (tertiary/aromatic N) is 3. The molecule has 0 saturated heterocycles. The Morgan fingerprint density at radius 2 is 2.09 bits per heavy atom. The van der Waals surface area contributed by atoms with Gasteiger partial charge < -0.3 is 5.32 Å². The molecule has 1 heterocycles. The van der Waals surface area contributed by atoms with E-state index < -0.39 is 0 Å². The Morgan fingerprint density at radius 3 is 2.73 bits per heavy atom. The molecule has 0 amide bonds. The fraction of sp³-hybridized carbons (Fsp3) is 0.267. The van der Waals surface area contributed by atoms with Crippen LogP contribution >= 0.6 is 23.8 Å². The van der Waals surface area contributed by atoms with Crippen molar-refractivity contribution >= 4 is 40.8 Å². The van der Waals surface area contributed by atoms with Gasteiger partial charge in [0, 0.05) is 29.0 Å². The van der Waals surface area contributed by atoms with Crippen LogP contribution in [0.5, 0.6) is 0 Å². The topological polar surface area (TPSA) is 54.2 Å². The fourth-order valence-corrected chi connectivity index (χ4v) is 2.36. The van der Waals surface area contributed by atoms with E-state index in [1.165, 1.54) is 0 Å². The highest BCUT2D eigenvalue weighted by molar-refractivity contribution is 7.80. The van der Waals surface area contributed by atoms with Gasteiger partial charge in [-0.3, -0.25) is 10.1 Å². The molecule has 1 aromatic heterocycles. The largest absolute Gasteiger partial charge is 0.331 e. The Bertz CT molecular complexity index is 736. The molecule has 7 heteroatoms. The molecule has 2 N–H and O–H groups in total. The van der Waals surface area contributed by atoms with E-state index in [2.05, 4.69) is 20.9 Å². The van der Waals surface area contributed by atoms with Crippen molar-refractivity contribution in [1.29, 1.82) is 0 Å². The van der Waals surface area contributed by atoms with E-state index in [1.54, 1.807) is 6.21 Å². The maximum absolute atomic E-state index is 6.08. The zero-order chi connectivity index (χ0) is 16.3. The molecule has 0 radical (unpaired) electrons. The van der Waals surface area contributed by atoms with Crippen molar-refractivity contribution in [2.75, 3.05) is 5.32 Å². The number of nitrogens with one attached hydrogen (secondary N) is 2. The van der Waals surface area contributed by atoms with Gasteiger partial charge in [-0.1, -0.05) is 17.7 Å². The lowest BCUT2D eigenvalue weighted by atomic mass is 10.2. The lowest BCUT2D eigenvalue weighted by molar-refractivity contribution is 0.731. The van der Waals surface area contributed by atoms with Crippen molar-refractivity contribution in [3.8, 4) is 0 Å². The average molecular weight is 336 g/mol. The van der Waals surface area contributed by atoms with Crippen molar-refractivity contribution in [2.45, 2.75) is 20.8 Å². The molecule has 5 nitrogen and oxygen atoms in total. The van der Waals surface area contributed by atoms with Crippen LogP contribution in [0.15, 0.2) is 23.3 Å². The first-order valence-corrected chi connectivity index (χ1v) is 7.54. The lowest BCUT2D eigenvalue weighted by Crippen LogP contribution is -2.24. The van der Waals surface area contributed by atoms with Crippen LogP contribution in [-0.2, 0) is 7.05 Å². The molecular formula is C15H18ClN5S. The van der Waals surface area contributed by atoms with Gasteiger partial charge in [0.1, 0.15) is 0 Å². The number of thiocarbonyl (C=S) groups is 1. The summed E-state index contributed by atoms with van der Waals surface area (Å²) in [7, 11) is 1.90. The monoisotopic (exact) mass is 335 g/mol. The number of aryl methyl sites for hydroxylation is 2. The Morgan fingerprint density at radius 1 is 1.36 bits per heavy atom. The van der Waals surface area contributed by atoms with Crippen LogP contribution in [0.1, 0.15) is 22.5 Å². The van der Waals surface area contributed by atoms with E-state index in [0.29, 0.717) is 10.1 Å². The quantitative estimate of drug-likeness (QED) is 0.513. The molecule has 2 rings (SSSR count). The summed E-state index contributed by atoms with van der Waals surface area (Å²) in [6.45, 7) is 5.87. The van der Waals surface area contributed by atoms with Crippen molar-refractivity contribution in [3.63, 3.8) is 0 Å². The second-order valence-corrected chi connectivity index (χ2v) is 5.76. The molecule has 0 aliphatic heterocycles. The number of halogens is 1. The standard InChI is InChI=1S/C15H18ClN5S/c1-9-13(16)6-5-7-14(9)18-15(22)19-17-8-12-10(2)20-21(4)11(12)3/h5-8H,1-4H3,(H2,18,19,22)/b17-8-. The van der Waals surface area contributed by atoms with Crippen LogP contribution < -0.4 is 10.7 Å². The number of hydrogen-bond donors (Lipinski definition) is 2. The number of aromatic nitrogens is 2. The van der Waals surface area contributed by atoms with E-state index in [4.69, 9.17) is 23.8 Å². The third-order valence-corrected chi connectivity index (χ3v) is 4.04. The number of anilines is 1. The molecular weight excluding hydrogens is 318 g/mol. The molecule has 0 atom stereocenters. The molecule has 2 aromatic rings. The van der Waals surface area contributed by atoms with Crippen LogP contribution in [0.25, 0.3) is 0 Å². The minimum atomic E-state index is 0.404. The van der Waals surface area contributed by atoms with Gasteiger partial charge >= 0.3 is 0 Å².